The second-order valence-electron chi connectivity index (χ2n) is 3.00. The zero-order chi connectivity index (χ0) is 16.6. The number of carbonyl (C=O) groups is 3. The normalized spacial score (nSPS) is 7.05. The van der Waals surface area contributed by atoms with E-state index in [1.54, 1.807) is 0 Å². The van der Waals surface area contributed by atoms with Gasteiger partial charge in [-0.25, -0.2) is 0 Å². The van der Waals surface area contributed by atoms with E-state index in [1.807, 2.05) is 24.3 Å². The van der Waals surface area contributed by atoms with Crippen LogP contribution in [0.25, 0.3) is 0 Å². The van der Waals surface area contributed by atoms with Gasteiger partial charge in [-0.05, 0) is 32.4 Å². The van der Waals surface area contributed by atoms with Crippen molar-refractivity contribution in [3.8, 4) is 0 Å². The van der Waals surface area contributed by atoms with E-state index in [2.05, 4.69) is 22.0 Å². The molecule has 117 valence electrons. The maximum Gasteiger partial charge on any atom is 0.0383 e. The average molecular weight is 554 g/mol. The number of rotatable bonds is 1. The molecule has 0 saturated heterocycles. The van der Waals surface area contributed by atoms with E-state index in [4.69, 9.17) is 29.7 Å². The van der Waals surface area contributed by atoms with Crippen molar-refractivity contribution in [3.05, 3.63) is 35.9 Å². The fraction of sp³-hybridized carbons (Fsp3) is 0.308. The number of hydrogen-bond acceptors (Lipinski definition) is 6. The molecule has 0 aliphatic carbocycles. The largest absolute Gasteiger partial charge is 0.550 e. The van der Waals surface area contributed by atoms with E-state index in [1.165, 1.54) is 5.56 Å². The van der Waals surface area contributed by atoms with Gasteiger partial charge in [0.05, 0.1) is 0 Å². The topological polar surface area (TPSA) is 120 Å². The van der Waals surface area contributed by atoms with Gasteiger partial charge in [0, 0.05) is 50.5 Å². The van der Waals surface area contributed by atoms with E-state index in [0.29, 0.717) is 0 Å². The standard InChI is InChI=1S/C7H6Br.3C2H4O2.Pb/c8-6-7-4-2-1-3-5-7;3*1-2(3)4;/h1-4H,6H2;3*1H3,(H,3,4);/p-3. The Balaban J connectivity index is -0.0000000973. The molecule has 21 heavy (non-hydrogen) atoms. The fourth-order valence-electron chi connectivity index (χ4n) is 0.514. The van der Waals surface area contributed by atoms with Crippen molar-refractivity contribution >= 4 is 61.1 Å². The molecule has 0 aromatic heterocycles. The van der Waals surface area contributed by atoms with Gasteiger partial charge in [0.25, 0.3) is 0 Å². The molecule has 0 N–H and O–H groups in total. The quantitative estimate of drug-likeness (QED) is 0.301. The van der Waals surface area contributed by atoms with Crippen molar-refractivity contribution in [1.82, 2.24) is 0 Å². The third-order valence-corrected chi connectivity index (χ3v) is 1.52. The Kier molecular flexibility index (Phi) is 28.7. The maximum absolute atomic E-state index is 8.89. The van der Waals surface area contributed by atoms with E-state index in [0.717, 1.165) is 26.1 Å². The van der Waals surface area contributed by atoms with E-state index in [9.17, 15) is 0 Å². The van der Waals surface area contributed by atoms with Crippen LogP contribution in [0, 0.1) is 6.07 Å². The molecule has 5 radical (unpaired) electrons. The predicted molar refractivity (Wildman–Crippen MR) is 75.7 cm³/mol. The molecule has 0 atom stereocenters. The molecule has 1 rings (SSSR count). The zero-order valence-corrected chi connectivity index (χ0v) is 17.3. The van der Waals surface area contributed by atoms with Crippen molar-refractivity contribution in [2.24, 2.45) is 0 Å². The summed E-state index contributed by atoms with van der Waals surface area (Å²) < 4.78 is 0. The first-order chi connectivity index (χ1) is 9.13. The van der Waals surface area contributed by atoms with Crippen LogP contribution in [0.5, 0.6) is 0 Å². The van der Waals surface area contributed by atoms with Crippen molar-refractivity contribution in [1.29, 1.82) is 0 Å². The molecule has 0 heterocycles. The first kappa shape index (κ1) is 28.2. The number of benzene rings is 1. The van der Waals surface area contributed by atoms with E-state index >= 15 is 0 Å². The van der Waals surface area contributed by atoms with Gasteiger partial charge in [0.2, 0.25) is 0 Å². The zero-order valence-electron chi connectivity index (χ0n) is 11.8. The van der Waals surface area contributed by atoms with Gasteiger partial charge in [-0.15, -0.1) is 0 Å². The Hall–Kier alpha value is -0.968. The van der Waals surface area contributed by atoms with Gasteiger partial charge in [0.1, 0.15) is 0 Å². The summed E-state index contributed by atoms with van der Waals surface area (Å²) in [4.78, 5) is 26.7. The minimum absolute atomic E-state index is 0. The number of carboxylic acids is 3. The Morgan fingerprint density at radius 3 is 1.48 bits per heavy atom. The molecule has 1 aromatic carbocycles. The molecule has 0 aliphatic rings. The van der Waals surface area contributed by atoms with Crippen LogP contribution in [0.4, 0.5) is 0 Å². The predicted octanol–water partition coefficient (Wildman–Crippen LogP) is -1.73. The van der Waals surface area contributed by atoms with Gasteiger partial charge >= 0.3 is 0 Å². The average Bonchev–Trinajstić information content (AvgIpc) is 2.28. The number of aliphatic carboxylic acids is 3. The van der Waals surface area contributed by atoms with Gasteiger partial charge in [-0.3, -0.25) is 0 Å². The van der Waals surface area contributed by atoms with Gasteiger partial charge in [0.15, 0.2) is 0 Å². The summed E-state index contributed by atoms with van der Waals surface area (Å²) in [6.45, 7) is 2.92. The van der Waals surface area contributed by atoms with Crippen LogP contribution < -0.4 is 15.3 Å². The summed E-state index contributed by atoms with van der Waals surface area (Å²) >= 11 is 3.33. The summed E-state index contributed by atoms with van der Waals surface area (Å²) in [5, 5.41) is 27.6. The molecule has 0 aliphatic heterocycles. The number of carboxylic acid groups (broad SMARTS) is 3. The first-order valence-corrected chi connectivity index (χ1v) is 6.29. The van der Waals surface area contributed by atoms with Crippen molar-refractivity contribution in [2.45, 2.75) is 26.1 Å². The van der Waals surface area contributed by atoms with Crippen LogP contribution in [-0.4, -0.2) is 45.2 Å². The molecular formula is C13H15BrO6Pb-3. The molecule has 0 spiro atoms. The molecule has 0 amide bonds. The van der Waals surface area contributed by atoms with Crippen molar-refractivity contribution in [3.63, 3.8) is 0 Å². The van der Waals surface area contributed by atoms with Crippen LogP contribution in [-0.2, 0) is 19.7 Å². The van der Waals surface area contributed by atoms with E-state index in [-0.39, 0.29) is 27.3 Å². The smallest absolute Gasteiger partial charge is 0.0383 e. The molecule has 1 aromatic rings. The van der Waals surface area contributed by atoms with Crippen molar-refractivity contribution < 1.29 is 29.7 Å². The van der Waals surface area contributed by atoms with Crippen LogP contribution in [0.2, 0.25) is 0 Å². The molecule has 0 bridgehead atoms. The second-order valence-corrected chi connectivity index (χ2v) is 3.56. The van der Waals surface area contributed by atoms with Crippen LogP contribution in [0.1, 0.15) is 26.3 Å². The summed E-state index contributed by atoms with van der Waals surface area (Å²) in [6.07, 6.45) is 0. The Bertz CT molecular complexity index is 343. The first-order valence-electron chi connectivity index (χ1n) is 5.17. The number of hydrogen-bond donors (Lipinski definition) is 0. The van der Waals surface area contributed by atoms with Crippen LogP contribution in [0.3, 0.4) is 0 Å². The van der Waals surface area contributed by atoms with Gasteiger partial charge < -0.3 is 29.7 Å². The number of halogens is 1. The summed E-state index contributed by atoms with van der Waals surface area (Å²) in [6, 6.07) is 11.0. The van der Waals surface area contributed by atoms with Crippen LogP contribution in [0.15, 0.2) is 24.3 Å². The minimum atomic E-state index is -1.08. The molecule has 8 heteroatoms. The van der Waals surface area contributed by atoms with Crippen molar-refractivity contribution in [2.75, 3.05) is 0 Å². The molecule has 0 fully saturated rings. The fourth-order valence-corrected chi connectivity index (χ4v) is 0.862. The second kappa shape index (κ2) is 21.3. The molecule has 0 unspecified atom stereocenters. The minimum Gasteiger partial charge on any atom is -0.550 e. The number of carbonyl (C=O) groups excluding carboxylic acids is 3. The molecule has 0 saturated carbocycles. The Morgan fingerprint density at radius 1 is 1.00 bits per heavy atom. The monoisotopic (exact) mass is 554 g/mol. The molecule has 6 nitrogen and oxygen atoms in total. The summed E-state index contributed by atoms with van der Waals surface area (Å²) in [5.74, 6) is -3.25. The third kappa shape index (κ3) is 67.7. The van der Waals surface area contributed by atoms with E-state index < -0.39 is 17.9 Å². The Labute approximate surface area is 152 Å². The third-order valence-electron chi connectivity index (χ3n) is 0.917. The Morgan fingerprint density at radius 2 is 1.33 bits per heavy atom. The molecular weight excluding hydrogens is 539 g/mol. The maximum atomic E-state index is 8.89. The van der Waals surface area contributed by atoms with Gasteiger partial charge in [-0.2, -0.15) is 0 Å². The SMILES string of the molecule is BrCc1[c]cccc1.CC(=O)[O-].CC(=O)[O-].CC(=O)[O-].[Pb]. The summed E-state index contributed by atoms with van der Waals surface area (Å²) in [5.41, 5.74) is 1.20. The number of alkyl halides is 1. The summed E-state index contributed by atoms with van der Waals surface area (Å²) in [7, 11) is 0. The van der Waals surface area contributed by atoms with Crippen LogP contribution >= 0.6 is 15.9 Å². The van der Waals surface area contributed by atoms with Gasteiger partial charge in [-0.1, -0.05) is 40.2 Å².